The summed E-state index contributed by atoms with van der Waals surface area (Å²) in [5.74, 6) is -0.215. The summed E-state index contributed by atoms with van der Waals surface area (Å²) in [5.41, 5.74) is 1.57. The van der Waals surface area contributed by atoms with Crippen molar-refractivity contribution in [3.05, 3.63) is 63.2 Å². The Hall–Kier alpha value is -1.87. The van der Waals surface area contributed by atoms with Gasteiger partial charge in [-0.25, -0.2) is 0 Å². The van der Waals surface area contributed by atoms with Gasteiger partial charge in [-0.2, -0.15) is 5.26 Å². The first-order chi connectivity index (χ1) is 8.70. The molecule has 2 rings (SSSR count). The number of nitriles is 1. The highest BCUT2D eigenvalue weighted by Crippen LogP contribution is 2.18. The van der Waals surface area contributed by atoms with Crippen molar-refractivity contribution >= 4 is 34.2 Å². The first kappa shape index (κ1) is 12.6. The Bertz CT molecular complexity index is 617. The summed E-state index contributed by atoms with van der Waals surface area (Å²) in [6.07, 6.45) is 0. The minimum atomic E-state index is -0.215. The maximum atomic E-state index is 11.9. The number of hydrogen-bond donors (Lipinski definition) is 1. The van der Waals surface area contributed by atoms with Gasteiger partial charge in [-0.3, -0.25) is 4.79 Å². The summed E-state index contributed by atoms with van der Waals surface area (Å²) in [6.45, 7) is 0. The fourth-order valence-electron chi connectivity index (χ4n) is 1.50. The molecule has 18 heavy (non-hydrogen) atoms. The minimum absolute atomic E-state index is 0.215. The highest BCUT2D eigenvalue weighted by Gasteiger charge is 2.08. The monoisotopic (exact) mass is 348 g/mol. The summed E-state index contributed by atoms with van der Waals surface area (Å²) >= 11 is 2.13. The van der Waals surface area contributed by atoms with Crippen molar-refractivity contribution in [1.82, 2.24) is 0 Å². The maximum Gasteiger partial charge on any atom is 0.255 e. The van der Waals surface area contributed by atoms with Crippen molar-refractivity contribution < 1.29 is 4.79 Å². The summed E-state index contributed by atoms with van der Waals surface area (Å²) < 4.78 is 0.960. The van der Waals surface area contributed by atoms with Gasteiger partial charge in [0.1, 0.15) is 6.07 Å². The second-order valence-electron chi connectivity index (χ2n) is 3.62. The van der Waals surface area contributed by atoms with Gasteiger partial charge in [0.25, 0.3) is 5.91 Å². The second kappa shape index (κ2) is 5.65. The van der Waals surface area contributed by atoms with Crippen LogP contribution < -0.4 is 5.32 Å². The lowest BCUT2D eigenvalue weighted by Gasteiger charge is -2.07. The number of hydrogen-bond acceptors (Lipinski definition) is 2. The van der Waals surface area contributed by atoms with E-state index in [4.69, 9.17) is 5.26 Å². The third-order valence-electron chi connectivity index (χ3n) is 2.39. The fourth-order valence-corrected chi connectivity index (χ4v) is 1.99. The van der Waals surface area contributed by atoms with Gasteiger partial charge in [0.2, 0.25) is 0 Å². The van der Waals surface area contributed by atoms with Crippen LogP contribution in [0.1, 0.15) is 15.9 Å². The van der Waals surface area contributed by atoms with E-state index in [-0.39, 0.29) is 5.91 Å². The molecule has 2 aromatic rings. The molecule has 0 saturated heterocycles. The third kappa shape index (κ3) is 2.87. The first-order valence-corrected chi connectivity index (χ1v) is 6.34. The quantitative estimate of drug-likeness (QED) is 0.846. The molecule has 88 valence electrons. The summed E-state index contributed by atoms with van der Waals surface area (Å²) in [5, 5.41) is 11.8. The molecule has 3 nitrogen and oxygen atoms in total. The van der Waals surface area contributed by atoms with Gasteiger partial charge in [0.15, 0.2) is 0 Å². The van der Waals surface area contributed by atoms with Gasteiger partial charge in [0, 0.05) is 9.13 Å². The lowest BCUT2D eigenvalue weighted by atomic mass is 10.1. The zero-order valence-electron chi connectivity index (χ0n) is 9.35. The van der Waals surface area contributed by atoms with Crippen LogP contribution in [0.15, 0.2) is 48.5 Å². The van der Waals surface area contributed by atoms with E-state index in [1.807, 2.05) is 12.1 Å². The van der Waals surface area contributed by atoms with E-state index >= 15 is 0 Å². The molecule has 0 radical (unpaired) electrons. The van der Waals surface area contributed by atoms with Crippen LogP contribution in [-0.2, 0) is 0 Å². The molecule has 0 bridgehead atoms. The van der Waals surface area contributed by atoms with Crippen LogP contribution in [0.4, 0.5) is 5.69 Å². The molecule has 0 atom stereocenters. The van der Waals surface area contributed by atoms with Gasteiger partial charge >= 0.3 is 0 Å². The van der Waals surface area contributed by atoms with E-state index in [1.165, 1.54) is 0 Å². The Morgan fingerprint density at radius 3 is 2.56 bits per heavy atom. The highest BCUT2D eigenvalue weighted by molar-refractivity contribution is 14.1. The number of rotatable bonds is 2. The minimum Gasteiger partial charge on any atom is -0.321 e. The Labute approximate surface area is 119 Å². The predicted molar refractivity (Wildman–Crippen MR) is 78.3 cm³/mol. The number of benzene rings is 2. The van der Waals surface area contributed by atoms with E-state index in [2.05, 4.69) is 34.0 Å². The molecule has 0 aromatic heterocycles. The van der Waals surface area contributed by atoms with E-state index in [0.29, 0.717) is 16.8 Å². The van der Waals surface area contributed by atoms with E-state index in [0.717, 1.165) is 3.57 Å². The van der Waals surface area contributed by atoms with Crippen molar-refractivity contribution in [2.45, 2.75) is 0 Å². The topological polar surface area (TPSA) is 52.9 Å². The molecule has 0 unspecified atom stereocenters. The Balaban J connectivity index is 2.25. The first-order valence-electron chi connectivity index (χ1n) is 5.27. The Morgan fingerprint density at radius 1 is 1.17 bits per heavy atom. The van der Waals surface area contributed by atoms with Gasteiger partial charge in [-0.15, -0.1) is 0 Å². The van der Waals surface area contributed by atoms with Crippen molar-refractivity contribution in [3.8, 4) is 6.07 Å². The van der Waals surface area contributed by atoms with Crippen LogP contribution in [0.5, 0.6) is 0 Å². The number of nitrogens with zero attached hydrogens (tertiary/aromatic N) is 1. The molecule has 0 spiro atoms. The largest absolute Gasteiger partial charge is 0.321 e. The fraction of sp³-hybridized carbons (Fsp3) is 0. The number of nitrogens with one attached hydrogen (secondary N) is 1. The molecule has 4 heteroatoms. The van der Waals surface area contributed by atoms with Crippen LogP contribution in [0, 0.1) is 14.9 Å². The maximum absolute atomic E-state index is 11.9. The lowest BCUT2D eigenvalue weighted by molar-refractivity contribution is 0.102. The molecule has 0 saturated carbocycles. The van der Waals surface area contributed by atoms with Crippen molar-refractivity contribution in [3.63, 3.8) is 0 Å². The smallest absolute Gasteiger partial charge is 0.255 e. The van der Waals surface area contributed by atoms with Gasteiger partial charge in [-0.1, -0.05) is 18.2 Å². The van der Waals surface area contributed by atoms with Crippen LogP contribution in [0.25, 0.3) is 0 Å². The normalized spacial score (nSPS) is 9.56. The molecule has 0 aliphatic rings. The van der Waals surface area contributed by atoms with Crippen LogP contribution in [-0.4, -0.2) is 5.91 Å². The second-order valence-corrected chi connectivity index (χ2v) is 4.87. The summed E-state index contributed by atoms with van der Waals surface area (Å²) in [7, 11) is 0. The number of carbonyl (C=O) groups excluding carboxylic acids is 1. The van der Waals surface area contributed by atoms with Crippen molar-refractivity contribution in [2.24, 2.45) is 0 Å². The van der Waals surface area contributed by atoms with Crippen LogP contribution in [0.3, 0.4) is 0 Å². The lowest BCUT2D eigenvalue weighted by Crippen LogP contribution is -2.12. The SMILES string of the molecule is N#Cc1cc(I)ccc1NC(=O)c1ccccc1. The molecule has 2 aromatic carbocycles. The van der Waals surface area contributed by atoms with Gasteiger partial charge < -0.3 is 5.32 Å². The molecule has 0 aliphatic heterocycles. The number of amides is 1. The Morgan fingerprint density at radius 2 is 1.89 bits per heavy atom. The number of anilines is 1. The third-order valence-corrected chi connectivity index (χ3v) is 3.06. The van der Waals surface area contributed by atoms with Crippen molar-refractivity contribution in [1.29, 1.82) is 5.26 Å². The van der Waals surface area contributed by atoms with E-state index in [1.54, 1.807) is 36.4 Å². The summed E-state index contributed by atoms with van der Waals surface area (Å²) in [6, 6.07) is 16.3. The van der Waals surface area contributed by atoms with Crippen LogP contribution >= 0.6 is 22.6 Å². The molecular weight excluding hydrogens is 339 g/mol. The molecule has 0 fully saturated rings. The zero-order chi connectivity index (χ0) is 13.0. The van der Waals surface area contributed by atoms with Gasteiger partial charge in [0.05, 0.1) is 11.3 Å². The predicted octanol–water partition coefficient (Wildman–Crippen LogP) is 3.42. The van der Waals surface area contributed by atoms with Gasteiger partial charge in [-0.05, 0) is 52.9 Å². The summed E-state index contributed by atoms with van der Waals surface area (Å²) in [4.78, 5) is 11.9. The molecule has 0 heterocycles. The molecule has 1 N–H and O–H groups in total. The standard InChI is InChI=1S/C14H9IN2O/c15-12-6-7-13(11(8-12)9-16)17-14(18)10-4-2-1-3-5-10/h1-8H,(H,17,18). The zero-order valence-corrected chi connectivity index (χ0v) is 11.5. The van der Waals surface area contributed by atoms with Crippen molar-refractivity contribution in [2.75, 3.05) is 5.32 Å². The Kier molecular flexibility index (Phi) is 3.95. The molecule has 1 amide bonds. The van der Waals surface area contributed by atoms with E-state index in [9.17, 15) is 4.79 Å². The highest BCUT2D eigenvalue weighted by atomic mass is 127. The average Bonchev–Trinajstić information content (AvgIpc) is 2.41. The average molecular weight is 348 g/mol. The molecule has 0 aliphatic carbocycles. The molecular formula is C14H9IN2O. The van der Waals surface area contributed by atoms with E-state index < -0.39 is 0 Å². The number of carbonyl (C=O) groups is 1. The number of halogens is 1. The van der Waals surface area contributed by atoms with Crippen LogP contribution in [0.2, 0.25) is 0 Å².